The van der Waals surface area contributed by atoms with Crippen LogP contribution in [-0.2, 0) is 0 Å². The monoisotopic (exact) mass is 269 g/mol. The molecular formula is C16H19N3O. The highest BCUT2D eigenvalue weighted by atomic mass is 16.2. The summed E-state index contributed by atoms with van der Waals surface area (Å²) in [5.74, 6) is -0.0649. The molecule has 0 fully saturated rings. The molecule has 1 unspecified atom stereocenters. The summed E-state index contributed by atoms with van der Waals surface area (Å²) in [6.45, 7) is 3.89. The molecule has 1 amide bonds. The molecule has 0 aliphatic rings. The van der Waals surface area contributed by atoms with Crippen LogP contribution in [0.25, 0.3) is 0 Å². The molecule has 1 atom stereocenters. The van der Waals surface area contributed by atoms with Gasteiger partial charge < -0.3 is 10.6 Å². The Hall–Kier alpha value is -2.36. The summed E-state index contributed by atoms with van der Waals surface area (Å²) < 4.78 is 0. The second kappa shape index (κ2) is 5.74. The van der Waals surface area contributed by atoms with E-state index in [0.29, 0.717) is 11.3 Å². The lowest BCUT2D eigenvalue weighted by molar-refractivity contribution is 0.0743. The minimum Gasteiger partial charge on any atom is -0.398 e. The van der Waals surface area contributed by atoms with E-state index in [1.807, 2.05) is 38.1 Å². The Morgan fingerprint density at radius 1 is 1.25 bits per heavy atom. The predicted molar refractivity (Wildman–Crippen MR) is 80.3 cm³/mol. The molecule has 1 aromatic heterocycles. The fourth-order valence-corrected chi connectivity index (χ4v) is 2.20. The molecule has 0 aliphatic carbocycles. The number of carbonyl (C=O) groups excluding carboxylic acids is 1. The summed E-state index contributed by atoms with van der Waals surface area (Å²) in [5.41, 5.74) is 8.98. The maximum Gasteiger partial charge on any atom is 0.256 e. The molecule has 0 radical (unpaired) electrons. The molecule has 20 heavy (non-hydrogen) atoms. The number of anilines is 1. The van der Waals surface area contributed by atoms with E-state index in [1.54, 1.807) is 30.4 Å². The highest BCUT2D eigenvalue weighted by Crippen LogP contribution is 2.24. The summed E-state index contributed by atoms with van der Waals surface area (Å²) in [5, 5.41) is 0. The van der Waals surface area contributed by atoms with E-state index in [4.69, 9.17) is 5.73 Å². The van der Waals surface area contributed by atoms with Crippen LogP contribution < -0.4 is 5.73 Å². The van der Waals surface area contributed by atoms with Crippen molar-refractivity contribution in [3.05, 3.63) is 59.4 Å². The molecule has 0 bridgehead atoms. The molecule has 104 valence electrons. The molecule has 2 aromatic rings. The molecule has 0 saturated heterocycles. The van der Waals surface area contributed by atoms with Crippen molar-refractivity contribution in [1.82, 2.24) is 9.88 Å². The van der Waals surface area contributed by atoms with Gasteiger partial charge in [0.2, 0.25) is 0 Å². The number of amides is 1. The van der Waals surface area contributed by atoms with Crippen molar-refractivity contribution in [3.8, 4) is 0 Å². The number of aryl methyl sites for hydroxylation is 1. The molecule has 1 heterocycles. The van der Waals surface area contributed by atoms with Gasteiger partial charge in [-0.25, -0.2) is 0 Å². The number of nitrogen functional groups attached to an aromatic ring is 1. The van der Waals surface area contributed by atoms with Gasteiger partial charge in [-0.2, -0.15) is 0 Å². The van der Waals surface area contributed by atoms with Crippen molar-refractivity contribution in [2.24, 2.45) is 0 Å². The van der Waals surface area contributed by atoms with Gasteiger partial charge in [-0.3, -0.25) is 9.78 Å². The van der Waals surface area contributed by atoms with E-state index in [0.717, 1.165) is 11.1 Å². The fourth-order valence-electron chi connectivity index (χ4n) is 2.20. The SMILES string of the molecule is Cc1cccc(N)c1C(=O)N(C)C(C)c1ccncc1. The lowest BCUT2D eigenvalue weighted by Gasteiger charge is -2.26. The first kappa shape index (κ1) is 14.1. The molecule has 1 aromatic carbocycles. The number of rotatable bonds is 3. The van der Waals surface area contributed by atoms with Gasteiger partial charge in [0.1, 0.15) is 0 Å². The lowest BCUT2D eigenvalue weighted by atomic mass is 10.0. The molecule has 2 N–H and O–H groups in total. The van der Waals surface area contributed by atoms with Crippen LogP contribution in [0.3, 0.4) is 0 Å². The predicted octanol–water partition coefficient (Wildman–Crippen LogP) is 2.81. The summed E-state index contributed by atoms with van der Waals surface area (Å²) in [6, 6.07) is 9.29. The third kappa shape index (κ3) is 2.64. The Balaban J connectivity index is 2.29. The minimum absolute atomic E-state index is 0.0375. The molecular weight excluding hydrogens is 250 g/mol. The van der Waals surface area contributed by atoms with Gasteiger partial charge in [-0.05, 0) is 43.2 Å². The van der Waals surface area contributed by atoms with E-state index in [2.05, 4.69) is 4.98 Å². The van der Waals surface area contributed by atoms with Crippen LogP contribution in [0.5, 0.6) is 0 Å². The third-order valence-corrected chi connectivity index (χ3v) is 3.61. The van der Waals surface area contributed by atoms with Crippen molar-refractivity contribution >= 4 is 11.6 Å². The van der Waals surface area contributed by atoms with E-state index >= 15 is 0 Å². The van der Waals surface area contributed by atoms with Crippen LogP contribution >= 0.6 is 0 Å². The van der Waals surface area contributed by atoms with Gasteiger partial charge in [0.25, 0.3) is 5.91 Å². The van der Waals surface area contributed by atoms with Gasteiger partial charge in [-0.1, -0.05) is 12.1 Å². The van der Waals surface area contributed by atoms with Crippen molar-refractivity contribution in [3.63, 3.8) is 0 Å². The summed E-state index contributed by atoms with van der Waals surface area (Å²) in [4.78, 5) is 18.3. The van der Waals surface area contributed by atoms with Crippen molar-refractivity contribution < 1.29 is 4.79 Å². The Morgan fingerprint density at radius 3 is 2.50 bits per heavy atom. The summed E-state index contributed by atoms with van der Waals surface area (Å²) >= 11 is 0. The molecule has 0 aliphatic heterocycles. The van der Waals surface area contributed by atoms with E-state index < -0.39 is 0 Å². The van der Waals surface area contributed by atoms with E-state index in [9.17, 15) is 4.79 Å². The minimum atomic E-state index is -0.0649. The van der Waals surface area contributed by atoms with Crippen LogP contribution in [0.4, 0.5) is 5.69 Å². The first-order valence-corrected chi connectivity index (χ1v) is 6.54. The number of hydrogen-bond acceptors (Lipinski definition) is 3. The Labute approximate surface area is 119 Å². The number of carbonyl (C=O) groups is 1. The average Bonchev–Trinajstić information content (AvgIpc) is 2.46. The highest BCUT2D eigenvalue weighted by Gasteiger charge is 2.21. The third-order valence-electron chi connectivity index (χ3n) is 3.61. The summed E-state index contributed by atoms with van der Waals surface area (Å²) in [6.07, 6.45) is 3.46. The quantitative estimate of drug-likeness (QED) is 0.872. The molecule has 0 spiro atoms. The normalized spacial score (nSPS) is 11.9. The van der Waals surface area contributed by atoms with Crippen LogP contribution in [0, 0.1) is 6.92 Å². The van der Waals surface area contributed by atoms with Crippen LogP contribution in [0.2, 0.25) is 0 Å². The zero-order valence-corrected chi connectivity index (χ0v) is 12.0. The Kier molecular flexibility index (Phi) is 4.03. The second-order valence-electron chi connectivity index (χ2n) is 4.91. The lowest BCUT2D eigenvalue weighted by Crippen LogP contribution is -2.30. The number of pyridine rings is 1. The summed E-state index contributed by atoms with van der Waals surface area (Å²) in [7, 11) is 1.79. The topological polar surface area (TPSA) is 59.2 Å². The average molecular weight is 269 g/mol. The van der Waals surface area contributed by atoms with Crippen LogP contribution in [0.15, 0.2) is 42.7 Å². The van der Waals surface area contributed by atoms with Crippen molar-refractivity contribution in [2.75, 3.05) is 12.8 Å². The largest absolute Gasteiger partial charge is 0.398 e. The fraction of sp³-hybridized carbons (Fsp3) is 0.250. The second-order valence-corrected chi connectivity index (χ2v) is 4.91. The van der Waals surface area contributed by atoms with Gasteiger partial charge in [0.05, 0.1) is 11.6 Å². The van der Waals surface area contributed by atoms with E-state index in [-0.39, 0.29) is 11.9 Å². The molecule has 0 saturated carbocycles. The smallest absolute Gasteiger partial charge is 0.256 e. The number of hydrogen-bond donors (Lipinski definition) is 1. The first-order valence-electron chi connectivity index (χ1n) is 6.54. The van der Waals surface area contributed by atoms with Gasteiger partial charge in [0, 0.05) is 25.1 Å². The first-order chi connectivity index (χ1) is 9.52. The standard InChI is InChI=1S/C16H19N3O/c1-11-5-4-6-14(17)15(11)16(20)19(3)12(2)13-7-9-18-10-8-13/h4-10,12H,17H2,1-3H3. The Bertz CT molecular complexity index is 590. The molecule has 4 heteroatoms. The van der Waals surface area contributed by atoms with Gasteiger partial charge >= 0.3 is 0 Å². The van der Waals surface area contributed by atoms with Gasteiger partial charge in [0.15, 0.2) is 0 Å². The number of benzene rings is 1. The molecule has 4 nitrogen and oxygen atoms in total. The van der Waals surface area contributed by atoms with E-state index in [1.165, 1.54) is 0 Å². The zero-order chi connectivity index (χ0) is 14.7. The highest BCUT2D eigenvalue weighted by molar-refractivity contribution is 6.00. The molecule has 2 rings (SSSR count). The number of aromatic nitrogens is 1. The van der Waals surface area contributed by atoms with Crippen LogP contribution in [-0.4, -0.2) is 22.8 Å². The Morgan fingerprint density at radius 2 is 1.90 bits per heavy atom. The van der Waals surface area contributed by atoms with Crippen molar-refractivity contribution in [1.29, 1.82) is 0 Å². The number of nitrogens with zero attached hydrogens (tertiary/aromatic N) is 2. The maximum atomic E-state index is 12.6. The van der Waals surface area contributed by atoms with Gasteiger partial charge in [-0.15, -0.1) is 0 Å². The maximum absolute atomic E-state index is 12.6. The van der Waals surface area contributed by atoms with Crippen molar-refractivity contribution in [2.45, 2.75) is 19.9 Å². The zero-order valence-electron chi connectivity index (χ0n) is 12.0. The van der Waals surface area contributed by atoms with Crippen LogP contribution in [0.1, 0.15) is 34.5 Å². The number of nitrogens with two attached hydrogens (primary N) is 1.